The van der Waals surface area contributed by atoms with Crippen LogP contribution in [0.5, 0.6) is 0 Å². The van der Waals surface area contributed by atoms with Gasteiger partial charge in [-0.15, -0.1) is 0 Å². The van der Waals surface area contributed by atoms with Crippen molar-refractivity contribution in [1.82, 2.24) is 0 Å². The van der Waals surface area contributed by atoms with Crippen molar-refractivity contribution in [1.29, 1.82) is 0 Å². The molecule has 1 atom stereocenters. The minimum atomic E-state index is -0.800. The molecule has 0 fully saturated rings. The van der Waals surface area contributed by atoms with Crippen molar-refractivity contribution in [3.8, 4) is 0 Å². The Hall–Kier alpha value is -0.900. The van der Waals surface area contributed by atoms with Gasteiger partial charge in [-0.05, 0) is 19.4 Å². The second-order valence-electron chi connectivity index (χ2n) is 4.04. The SMILES string of the molecule is CC(C)OCC(N)(CO)c1ccccc1. The lowest BCUT2D eigenvalue weighted by Gasteiger charge is -2.28. The second kappa shape index (κ2) is 5.26. The highest BCUT2D eigenvalue weighted by Gasteiger charge is 2.27. The highest BCUT2D eigenvalue weighted by atomic mass is 16.5. The first-order chi connectivity index (χ1) is 7.08. The zero-order chi connectivity index (χ0) is 11.3. The Morgan fingerprint density at radius 2 is 1.93 bits per heavy atom. The van der Waals surface area contributed by atoms with Crippen LogP contribution in [0.3, 0.4) is 0 Å². The summed E-state index contributed by atoms with van der Waals surface area (Å²) in [5, 5.41) is 9.35. The van der Waals surface area contributed by atoms with Gasteiger partial charge in [0.15, 0.2) is 0 Å². The summed E-state index contributed by atoms with van der Waals surface area (Å²) in [5.74, 6) is 0. The van der Waals surface area contributed by atoms with E-state index in [1.807, 2.05) is 44.2 Å². The van der Waals surface area contributed by atoms with E-state index in [1.54, 1.807) is 0 Å². The average Bonchev–Trinajstić information content (AvgIpc) is 2.27. The zero-order valence-electron chi connectivity index (χ0n) is 9.31. The number of nitrogens with two attached hydrogens (primary N) is 1. The van der Waals surface area contributed by atoms with Crippen LogP contribution in [0.25, 0.3) is 0 Å². The van der Waals surface area contributed by atoms with Crippen molar-refractivity contribution >= 4 is 0 Å². The highest BCUT2D eigenvalue weighted by molar-refractivity contribution is 5.24. The molecule has 0 bridgehead atoms. The Bertz CT molecular complexity index is 287. The van der Waals surface area contributed by atoms with Crippen LogP contribution in [-0.4, -0.2) is 24.4 Å². The number of benzene rings is 1. The molecule has 1 aromatic carbocycles. The fourth-order valence-corrected chi connectivity index (χ4v) is 1.31. The van der Waals surface area contributed by atoms with Crippen molar-refractivity contribution in [2.24, 2.45) is 5.73 Å². The van der Waals surface area contributed by atoms with Crippen LogP contribution in [0.4, 0.5) is 0 Å². The number of ether oxygens (including phenoxy) is 1. The van der Waals surface area contributed by atoms with Crippen molar-refractivity contribution in [2.75, 3.05) is 13.2 Å². The van der Waals surface area contributed by atoms with E-state index >= 15 is 0 Å². The summed E-state index contributed by atoms with van der Waals surface area (Å²) in [6.45, 7) is 4.10. The summed E-state index contributed by atoms with van der Waals surface area (Å²) in [6, 6.07) is 9.54. The minimum Gasteiger partial charge on any atom is -0.394 e. The maximum Gasteiger partial charge on any atom is 0.0881 e. The third-order valence-corrected chi connectivity index (χ3v) is 2.31. The van der Waals surface area contributed by atoms with E-state index in [1.165, 1.54) is 0 Å². The van der Waals surface area contributed by atoms with Gasteiger partial charge in [-0.1, -0.05) is 30.3 Å². The fraction of sp³-hybridized carbons (Fsp3) is 0.500. The molecule has 1 unspecified atom stereocenters. The van der Waals surface area contributed by atoms with Crippen molar-refractivity contribution in [3.05, 3.63) is 35.9 Å². The predicted molar refractivity (Wildman–Crippen MR) is 60.5 cm³/mol. The Balaban J connectivity index is 2.76. The zero-order valence-corrected chi connectivity index (χ0v) is 9.31. The van der Waals surface area contributed by atoms with Crippen LogP contribution in [0.15, 0.2) is 30.3 Å². The molecule has 3 nitrogen and oxygen atoms in total. The second-order valence-corrected chi connectivity index (χ2v) is 4.04. The molecular weight excluding hydrogens is 190 g/mol. The Morgan fingerprint density at radius 1 is 1.33 bits per heavy atom. The summed E-state index contributed by atoms with van der Waals surface area (Å²) in [4.78, 5) is 0. The lowest BCUT2D eigenvalue weighted by molar-refractivity contribution is 0.0186. The molecule has 0 aromatic heterocycles. The molecule has 0 spiro atoms. The highest BCUT2D eigenvalue weighted by Crippen LogP contribution is 2.18. The normalized spacial score (nSPS) is 15.3. The van der Waals surface area contributed by atoms with E-state index in [0.29, 0.717) is 6.61 Å². The molecule has 1 aromatic rings. The number of hydrogen-bond acceptors (Lipinski definition) is 3. The van der Waals surface area contributed by atoms with Crippen LogP contribution in [0, 0.1) is 0 Å². The molecule has 0 aliphatic rings. The number of hydrogen-bond donors (Lipinski definition) is 2. The summed E-state index contributed by atoms with van der Waals surface area (Å²) in [5.41, 5.74) is 6.19. The van der Waals surface area contributed by atoms with Gasteiger partial charge in [-0.2, -0.15) is 0 Å². The maximum absolute atomic E-state index is 9.35. The van der Waals surface area contributed by atoms with E-state index in [4.69, 9.17) is 10.5 Å². The van der Waals surface area contributed by atoms with Gasteiger partial charge in [0.25, 0.3) is 0 Å². The summed E-state index contributed by atoms with van der Waals surface area (Å²) in [7, 11) is 0. The van der Waals surface area contributed by atoms with Crippen LogP contribution >= 0.6 is 0 Å². The topological polar surface area (TPSA) is 55.5 Å². The predicted octanol–water partition coefficient (Wildman–Crippen LogP) is 1.26. The van der Waals surface area contributed by atoms with Gasteiger partial charge in [0.05, 0.1) is 24.9 Å². The first kappa shape index (κ1) is 12.2. The first-order valence-electron chi connectivity index (χ1n) is 5.15. The molecule has 0 heterocycles. The molecule has 0 amide bonds. The molecule has 0 saturated heterocycles. The van der Waals surface area contributed by atoms with Gasteiger partial charge in [0, 0.05) is 0 Å². The summed E-state index contributed by atoms with van der Waals surface area (Å²) >= 11 is 0. The Morgan fingerprint density at radius 3 is 2.40 bits per heavy atom. The number of aliphatic hydroxyl groups is 1. The minimum absolute atomic E-state index is 0.114. The van der Waals surface area contributed by atoms with Crippen molar-refractivity contribution < 1.29 is 9.84 Å². The third-order valence-electron chi connectivity index (χ3n) is 2.31. The third kappa shape index (κ3) is 3.30. The fourth-order valence-electron chi connectivity index (χ4n) is 1.31. The van der Waals surface area contributed by atoms with Crippen LogP contribution in [0.2, 0.25) is 0 Å². The first-order valence-corrected chi connectivity index (χ1v) is 5.15. The summed E-state index contributed by atoms with van der Waals surface area (Å²) in [6.07, 6.45) is 0.114. The molecule has 0 aliphatic heterocycles. The van der Waals surface area contributed by atoms with Gasteiger partial charge in [-0.25, -0.2) is 0 Å². The molecular formula is C12H19NO2. The van der Waals surface area contributed by atoms with E-state index < -0.39 is 5.54 Å². The molecule has 0 radical (unpaired) electrons. The van der Waals surface area contributed by atoms with Gasteiger partial charge in [0.1, 0.15) is 0 Å². The molecule has 15 heavy (non-hydrogen) atoms. The van der Waals surface area contributed by atoms with Crippen molar-refractivity contribution in [3.63, 3.8) is 0 Å². The van der Waals surface area contributed by atoms with E-state index in [-0.39, 0.29) is 12.7 Å². The lowest BCUT2D eigenvalue weighted by Crippen LogP contribution is -2.45. The quantitative estimate of drug-likeness (QED) is 0.767. The van der Waals surface area contributed by atoms with Gasteiger partial charge >= 0.3 is 0 Å². The summed E-state index contributed by atoms with van der Waals surface area (Å²) < 4.78 is 5.47. The molecule has 1 rings (SSSR count). The standard InChI is InChI=1S/C12H19NO2/c1-10(2)15-9-12(13,8-14)11-6-4-3-5-7-11/h3-7,10,14H,8-9,13H2,1-2H3. The van der Waals surface area contributed by atoms with Crippen molar-refractivity contribution in [2.45, 2.75) is 25.5 Å². The lowest BCUT2D eigenvalue weighted by atomic mass is 9.93. The van der Waals surface area contributed by atoms with Crippen LogP contribution in [0.1, 0.15) is 19.4 Å². The van der Waals surface area contributed by atoms with E-state index in [2.05, 4.69) is 0 Å². The molecule has 0 saturated carbocycles. The molecule has 3 N–H and O–H groups in total. The van der Waals surface area contributed by atoms with Crippen LogP contribution in [-0.2, 0) is 10.3 Å². The maximum atomic E-state index is 9.35. The largest absolute Gasteiger partial charge is 0.394 e. The number of rotatable bonds is 5. The van der Waals surface area contributed by atoms with Gasteiger partial charge < -0.3 is 15.6 Å². The van der Waals surface area contributed by atoms with Gasteiger partial charge in [-0.3, -0.25) is 0 Å². The molecule has 3 heteroatoms. The molecule has 84 valence electrons. The number of aliphatic hydroxyl groups excluding tert-OH is 1. The Kier molecular flexibility index (Phi) is 4.27. The smallest absolute Gasteiger partial charge is 0.0881 e. The van der Waals surface area contributed by atoms with E-state index in [0.717, 1.165) is 5.56 Å². The van der Waals surface area contributed by atoms with Gasteiger partial charge in [0.2, 0.25) is 0 Å². The Labute approximate surface area is 90.9 Å². The van der Waals surface area contributed by atoms with E-state index in [9.17, 15) is 5.11 Å². The monoisotopic (exact) mass is 209 g/mol. The molecule has 0 aliphatic carbocycles. The average molecular weight is 209 g/mol. The van der Waals surface area contributed by atoms with Crippen LogP contribution < -0.4 is 5.73 Å².